The molecule has 1 aromatic carbocycles. The number of halogens is 2. The van der Waals surface area contributed by atoms with Gasteiger partial charge in [-0.25, -0.2) is 17.5 Å². The second-order valence-corrected chi connectivity index (χ2v) is 6.72. The molecular formula is C10H14ClFN2O2S. The Kier molecular flexibility index (Phi) is 3.71. The summed E-state index contributed by atoms with van der Waals surface area (Å²) in [5, 5.41) is -0.201. The van der Waals surface area contributed by atoms with Crippen molar-refractivity contribution in [3.05, 3.63) is 23.0 Å². The molecule has 3 N–H and O–H groups in total. The molecule has 0 aliphatic heterocycles. The lowest BCUT2D eigenvalue weighted by Crippen LogP contribution is -2.40. The van der Waals surface area contributed by atoms with Crippen LogP contribution in [0.2, 0.25) is 5.02 Å². The molecule has 0 saturated carbocycles. The third kappa shape index (κ3) is 3.55. The van der Waals surface area contributed by atoms with Gasteiger partial charge in [-0.3, -0.25) is 0 Å². The van der Waals surface area contributed by atoms with Crippen molar-refractivity contribution in [1.29, 1.82) is 0 Å². The standard InChI is InChI=1S/C10H14ClFN2O2S/c1-10(2,3)14-17(15,16)9-5-8(13)7(12)4-6(9)11/h4-5,14H,13H2,1-3H3. The number of hydrogen-bond donors (Lipinski definition) is 2. The molecule has 0 spiro atoms. The van der Waals surface area contributed by atoms with Crippen LogP contribution in [0.4, 0.5) is 10.1 Å². The number of sulfonamides is 1. The van der Waals surface area contributed by atoms with Gasteiger partial charge in [0.05, 0.1) is 10.7 Å². The number of nitrogen functional groups attached to an aromatic ring is 1. The first-order chi connectivity index (χ1) is 7.53. The van der Waals surface area contributed by atoms with Crippen LogP contribution in [0.25, 0.3) is 0 Å². The Morgan fingerprint density at radius 3 is 2.35 bits per heavy atom. The largest absolute Gasteiger partial charge is 0.396 e. The van der Waals surface area contributed by atoms with Crippen molar-refractivity contribution < 1.29 is 12.8 Å². The Morgan fingerprint density at radius 2 is 1.88 bits per heavy atom. The second-order valence-electron chi connectivity index (χ2n) is 4.66. The summed E-state index contributed by atoms with van der Waals surface area (Å²) >= 11 is 5.70. The predicted molar refractivity (Wildman–Crippen MR) is 65.9 cm³/mol. The molecule has 1 rings (SSSR count). The summed E-state index contributed by atoms with van der Waals surface area (Å²) in [6.45, 7) is 5.06. The van der Waals surface area contributed by atoms with Crippen molar-refractivity contribution in [1.82, 2.24) is 4.72 Å². The van der Waals surface area contributed by atoms with Crippen LogP contribution in [0, 0.1) is 5.82 Å². The zero-order chi connectivity index (χ0) is 13.4. The lowest BCUT2D eigenvalue weighted by atomic mass is 10.1. The molecule has 0 amide bonds. The van der Waals surface area contributed by atoms with E-state index in [1.54, 1.807) is 20.8 Å². The first-order valence-corrected chi connectivity index (χ1v) is 6.67. The van der Waals surface area contributed by atoms with Gasteiger partial charge in [0, 0.05) is 5.54 Å². The van der Waals surface area contributed by atoms with Crippen LogP contribution in [0.5, 0.6) is 0 Å². The maximum Gasteiger partial charge on any atom is 0.242 e. The number of nitrogens with one attached hydrogen (secondary N) is 1. The normalized spacial score (nSPS) is 12.8. The third-order valence-corrected chi connectivity index (χ3v) is 4.00. The molecule has 17 heavy (non-hydrogen) atoms. The highest BCUT2D eigenvalue weighted by Crippen LogP contribution is 2.26. The molecule has 0 unspecified atom stereocenters. The molecule has 96 valence electrons. The van der Waals surface area contributed by atoms with Gasteiger partial charge in [0.15, 0.2) is 0 Å². The molecule has 0 atom stereocenters. The Labute approximate surface area is 105 Å². The van der Waals surface area contributed by atoms with Gasteiger partial charge in [-0.05, 0) is 32.9 Å². The predicted octanol–water partition coefficient (Wildman–Crippen LogP) is 2.14. The van der Waals surface area contributed by atoms with Crippen LogP contribution in [0.3, 0.4) is 0 Å². The number of rotatable bonds is 2. The van der Waals surface area contributed by atoms with E-state index >= 15 is 0 Å². The van der Waals surface area contributed by atoms with E-state index in [0.29, 0.717) is 0 Å². The summed E-state index contributed by atoms with van der Waals surface area (Å²) in [6.07, 6.45) is 0. The van der Waals surface area contributed by atoms with E-state index < -0.39 is 21.4 Å². The molecule has 0 fully saturated rings. The van der Waals surface area contributed by atoms with E-state index in [1.807, 2.05) is 0 Å². The molecule has 0 aliphatic carbocycles. The monoisotopic (exact) mass is 280 g/mol. The van der Waals surface area contributed by atoms with E-state index in [0.717, 1.165) is 12.1 Å². The highest BCUT2D eigenvalue weighted by atomic mass is 35.5. The van der Waals surface area contributed by atoms with E-state index in [2.05, 4.69) is 4.72 Å². The van der Waals surface area contributed by atoms with E-state index in [4.69, 9.17) is 17.3 Å². The molecular weight excluding hydrogens is 267 g/mol. The summed E-state index contributed by atoms with van der Waals surface area (Å²) in [5.74, 6) is -0.746. The second kappa shape index (κ2) is 4.44. The highest BCUT2D eigenvalue weighted by molar-refractivity contribution is 7.89. The van der Waals surface area contributed by atoms with Gasteiger partial charge in [0.2, 0.25) is 10.0 Å². The molecule has 0 heterocycles. The van der Waals surface area contributed by atoms with Crippen molar-refractivity contribution in [3.63, 3.8) is 0 Å². The number of anilines is 1. The zero-order valence-electron chi connectivity index (χ0n) is 9.71. The summed E-state index contributed by atoms with van der Waals surface area (Å²) in [7, 11) is -3.82. The third-order valence-electron chi connectivity index (χ3n) is 1.78. The summed E-state index contributed by atoms with van der Waals surface area (Å²) in [6, 6.07) is 1.89. The van der Waals surface area contributed by atoms with Crippen LogP contribution >= 0.6 is 11.6 Å². The minimum atomic E-state index is -3.82. The molecule has 0 aliphatic rings. The summed E-state index contributed by atoms with van der Waals surface area (Å²) in [5.41, 5.74) is 4.40. The lowest BCUT2D eigenvalue weighted by Gasteiger charge is -2.21. The van der Waals surface area contributed by atoms with Crippen molar-refractivity contribution >= 4 is 27.3 Å². The fourth-order valence-electron chi connectivity index (χ4n) is 1.21. The molecule has 4 nitrogen and oxygen atoms in total. The maximum atomic E-state index is 13.1. The smallest absolute Gasteiger partial charge is 0.242 e. The first kappa shape index (κ1) is 14.2. The van der Waals surface area contributed by atoms with Crippen molar-refractivity contribution in [2.45, 2.75) is 31.2 Å². The van der Waals surface area contributed by atoms with Crippen LogP contribution in [0.1, 0.15) is 20.8 Å². The Bertz CT molecular complexity index is 538. The molecule has 7 heteroatoms. The van der Waals surface area contributed by atoms with E-state index in [1.165, 1.54) is 0 Å². The molecule has 0 aromatic heterocycles. The average molecular weight is 281 g/mol. The summed E-state index contributed by atoms with van der Waals surface area (Å²) < 4.78 is 39.4. The van der Waals surface area contributed by atoms with Crippen LogP contribution < -0.4 is 10.5 Å². The fraction of sp³-hybridized carbons (Fsp3) is 0.400. The molecule has 1 aromatic rings. The maximum absolute atomic E-state index is 13.1. The minimum Gasteiger partial charge on any atom is -0.396 e. The fourth-order valence-corrected chi connectivity index (χ4v) is 3.18. The van der Waals surface area contributed by atoms with Crippen LogP contribution in [-0.2, 0) is 10.0 Å². The number of benzene rings is 1. The number of nitrogens with two attached hydrogens (primary N) is 1. The van der Waals surface area contributed by atoms with Crippen LogP contribution in [-0.4, -0.2) is 14.0 Å². The Hall–Kier alpha value is -0.850. The lowest BCUT2D eigenvalue weighted by molar-refractivity contribution is 0.491. The van der Waals surface area contributed by atoms with Crippen molar-refractivity contribution in [2.75, 3.05) is 5.73 Å². The van der Waals surface area contributed by atoms with E-state index in [9.17, 15) is 12.8 Å². The highest BCUT2D eigenvalue weighted by Gasteiger charge is 2.25. The quantitative estimate of drug-likeness (QED) is 0.815. The van der Waals surface area contributed by atoms with Gasteiger partial charge in [-0.2, -0.15) is 0 Å². The topological polar surface area (TPSA) is 72.2 Å². The average Bonchev–Trinajstić information content (AvgIpc) is 2.06. The Balaban J connectivity index is 3.30. The van der Waals surface area contributed by atoms with Gasteiger partial charge in [-0.1, -0.05) is 11.6 Å². The van der Waals surface area contributed by atoms with Crippen molar-refractivity contribution in [2.24, 2.45) is 0 Å². The zero-order valence-corrected chi connectivity index (χ0v) is 11.3. The van der Waals surface area contributed by atoms with Gasteiger partial charge < -0.3 is 5.73 Å². The van der Waals surface area contributed by atoms with Crippen molar-refractivity contribution in [3.8, 4) is 0 Å². The first-order valence-electron chi connectivity index (χ1n) is 4.81. The molecule has 0 saturated heterocycles. The molecule has 0 bridgehead atoms. The van der Waals surface area contributed by atoms with Gasteiger partial charge >= 0.3 is 0 Å². The van der Waals surface area contributed by atoms with Gasteiger partial charge in [-0.15, -0.1) is 0 Å². The van der Waals surface area contributed by atoms with Gasteiger partial charge in [0.1, 0.15) is 10.7 Å². The SMILES string of the molecule is CC(C)(C)NS(=O)(=O)c1cc(N)c(F)cc1Cl. The van der Waals surface area contributed by atoms with Gasteiger partial charge in [0.25, 0.3) is 0 Å². The van der Waals surface area contributed by atoms with E-state index in [-0.39, 0.29) is 15.6 Å². The summed E-state index contributed by atoms with van der Waals surface area (Å²) in [4.78, 5) is -0.229. The molecule has 0 radical (unpaired) electrons. The number of hydrogen-bond acceptors (Lipinski definition) is 3. The van der Waals surface area contributed by atoms with Crippen LogP contribution in [0.15, 0.2) is 17.0 Å². The Morgan fingerprint density at radius 1 is 1.35 bits per heavy atom. The minimum absolute atomic E-state index is 0.201.